The lowest BCUT2D eigenvalue weighted by atomic mass is 10.1. The molecule has 1 amide bonds. The molecule has 1 heterocycles. The number of methoxy groups -OCH3 is 1. The van der Waals surface area contributed by atoms with Gasteiger partial charge in [0.2, 0.25) is 10.0 Å². The maximum absolute atomic E-state index is 14.3. The summed E-state index contributed by atoms with van der Waals surface area (Å²) in [5.41, 5.74) is 0.584. The van der Waals surface area contributed by atoms with Gasteiger partial charge in [-0.15, -0.1) is 0 Å². The number of benzene rings is 2. The molecule has 0 bridgehead atoms. The maximum atomic E-state index is 14.3. The number of ether oxygens (including phenoxy) is 2. The highest BCUT2D eigenvalue weighted by Gasteiger charge is 2.28. The fourth-order valence-electron chi connectivity index (χ4n) is 2.89. The van der Waals surface area contributed by atoms with Gasteiger partial charge in [0.25, 0.3) is 5.91 Å². The number of carbonyl (C=O) groups excluding carboxylic acids is 1. The van der Waals surface area contributed by atoms with Crippen LogP contribution in [0.25, 0.3) is 0 Å². The summed E-state index contributed by atoms with van der Waals surface area (Å²) >= 11 is 6.06. The number of carbonyl (C=O) groups is 1. The first-order valence-corrected chi connectivity index (χ1v) is 10.6. The predicted molar refractivity (Wildman–Crippen MR) is 107 cm³/mol. The van der Waals surface area contributed by atoms with Gasteiger partial charge in [-0.2, -0.15) is 4.31 Å². The normalized spacial score (nSPS) is 15.2. The molecular formula is C19H20ClFN2O5S. The van der Waals surface area contributed by atoms with Crippen molar-refractivity contribution in [3.8, 4) is 5.75 Å². The molecule has 0 aliphatic carbocycles. The van der Waals surface area contributed by atoms with E-state index in [2.05, 4.69) is 5.32 Å². The van der Waals surface area contributed by atoms with E-state index < -0.39 is 27.3 Å². The average molecular weight is 443 g/mol. The van der Waals surface area contributed by atoms with E-state index in [9.17, 15) is 17.6 Å². The molecule has 1 fully saturated rings. The topological polar surface area (TPSA) is 84.9 Å². The Bertz CT molecular complexity index is 1040. The van der Waals surface area contributed by atoms with Gasteiger partial charge < -0.3 is 14.8 Å². The fourth-order valence-corrected chi connectivity index (χ4v) is 4.48. The van der Waals surface area contributed by atoms with E-state index in [1.807, 2.05) is 0 Å². The van der Waals surface area contributed by atoms with E-state index in [0.29, 0.717) is 22.0 Å². The van der Waals surface area contributed by atoms with Crippen LogP contribution in [-0.2, 0) is 14.8 Å². The molecule has 0 spiro atoms. The average Bonchev–Trinajstić information content (AvgIpc) is 2.71. The summed E-state index contributed by atoms with van der Waals surface area (Å²) in [5.74, 6) is -1.35. The van der Waals surface area contributed by atoms with Crippen molar-refractivity contribution in [1.82, 2.24) is 4.31 Å². The summed E-state index contributed by atoms with van der Waals surface area (Å²) in [7, 11) is -2.46. The first-order valence-electron chi connectivity index (χ1n) is 8.77. The molecule has 1 N–H and O–H groups in total. The maximum Gasteiger partial charge on any atom is 0.258 e. The van der Waals surface area contributed by atoms with Crippen molar-refractivity contribution in [2.45, 2.75) is 11.8 Å². The molecule has 0 saturated carbocycles. The molecule has 2 aromatic carbocycles. The number of nitrogens with one attached hydrogen (secondary N) is 1. The summed E-state index contributed by atoms with van der Waals surface area (Å²) in [6.07, 6.45) is 0. The zero-order valence-corrected chi connectivity index (χ0v) is 17.4. The van der Waals surface area contributed by atoms with E-state index >= 15 is 0 Å². The molecule has 7 nitrogen and oxygen atoms in total. The van der Waals surface area contributed by atoms with Gasteiger partial charge in [0.05, 0.1) is 36.5 Å². The van der Waals surface area contributed by atoms with E-state index in [1.165, 1.54) is 17.5 Å². The highest BCUT2D eigenvalue weighted by atomic mass is 35.5. The highest BCUT2D eigenvalue weighted by molar-refractivity contribution is 7.89. The number of rotatable bonds is 5. The molecule has 3 rings (SSSR count). The lowest BCUT2D eigenvalue weighted by Gasteiger charge is -2.26. The third-order valence-corrected chi connectivity index (χ3v) is 6.82. The third kappa shape index (κ3) is 4.53. The van der Waals surface area contributed by atoms with Gasteiger partial charge in [0.15, 0.2) is 0 Å². The van der Waals surface area contributed by atoms with Crippen LogP contribution in [0, 0.1) is 12.7 Å². The minimum Gasteiger partial charge on any atom is -0.495 e. The standard InChI is InChI=1S/C19H20ClFN2O5S/c1-12-9-17(18(27-2)11-15(12)20)22-19(24)14-10-13(3-4-16(14)21)29(25,26)23-5-7-28-8-6-23/h3-4,9-11H,5-8H2,1-2H3,(H,22,24). The third-order valence-electron chi connectivity index (χ3n) is 4.52. The Labute approximate surface area is 173 Å². The van der Waals surface area contributed by atoms with Crippen molar-refractivity contribution in [3.63, 3.8) is 0 Å². The molecule has 156 valence electrons. The zero-order valence-electron chi connectivity index (χ0n) is 15.9. The first kappa shape index (κ1) is 21.5. The van der Waals surface area contributed by atoms with Crippen LogP contribution in [0.4, 0.5) is 10.1 Å². The van der Waals surface area contributed by atoms with Gasteiger partial charge in [0.1, 0.15) is 11.6 Å². The summed E-state index contributed by atoms with van der Waals surface area (Å²) in [4.78, 5) is 12.5. The molecule has 0 atom stereocenters. The number of halogens is 2. The van der Waals surface area contributed by atoms with Gasteiger partial charge in [-0.25, -0.2) is 12.8 Å². The molecule has 0 aromatic heterocycles. The van der Waals surface area contributed by atoms with Crippen molar-refractivity contribution in [3.05, 3.63) is 52.3 Å². The summed E-state index contributed by atoms with van der Waals surface area (Å²) in [5, 5.41) is 3.00. The van der Waals surface area contributed by atoms with E-state index in [0.717, 1.165) is 18.2 Å². The van der Waals surface area contributed by atoms with Crippen molar-refractivity contribution in [2.24, 2.45) is 0 Å². The van der Waals surface area contributed by atoms with E-state index in [-0.39, 0.29) is 31.2 Å². The molecule has 1 saturated heterocycles. The van der Waals surface area contributed by atoms with Gasteiger partial charge in [-0.05, 0) is 36.8 Å². The smallest absolute Gasteiger partial charge is 0.258 e. The number of aryl methyl sites for hydroxylation is 1. The van der Waals surface area contributed by atoms with Crippen molar-refractivity contribution >= 4 is 33.2 Å². The number of hydrogen-bond donors (Lipinski definition) is 1. The number of hydrogen-bond acceptors (Lipinski definition) is 5. The van der Waals surface area contributed by atoms with Crippen molar-refractivity contribution in [1.29, 1.82) is 0 Å². The van der Waals surface area contributed by atoms with Gasteiger partial charge in [-0.3, -0.25) is 4.79 Å². The molecule has 0 unspecified atom stereocenters. The number of amides is 1. The molecule has 10 heteroatoms. The fraction of sp³-hybridized carbons (Fsp3) is 0.316. The highest BCUT2D eigenvalue weighted by Crippen LogP contribution is 2.31. The van der Waals surface area contributed by atoms with E-state index in [1.54, 1.807) is 13.0 Å². The van der Waals surface area contributed by atoms with Crippen LogP contribution in [0.5, 0.6) is 5.75 Å². The Morgan fingerprint density at radius 1 is 1.24 bits per heavy atom. The summed E-state index contributed by atoms with van der Waals surface area (Å²) in [6.45, 7) is 2.70. The SMILES string of the molecule is COc1cc(Cl)c(C)cc1NC(=O)c1cc(S(=O)(=O)N2CCOCC2)ccc1F. The van der Waals surface area contributed by atoms with Gasteiger partial charge >= 0.3 is 0 Å². The Morgan fingerprint density at radius 3 is 2.59 bits per heavy atom. The largest absolute Gasteiger partial charge is 0.495 e. The lowest BCUT2D eigenvalue weighted by Crippen LogP contribution is -2.40. The van der Waals surface area contributed by atoms with Crippen LogP contribution >= 0.6 is 11.6 Å². The number of sulfonamides is 1. The zero-order chi connectivity index (χ0) is 21.2. The Hall–Kier alpha value is -2.20. The Morgan fingerprint density at radius 2 is 1.93 bits per heavy atom. The predicted octanol–water partition coefficient (Wildman–Crippen LogP) is 3.07. The molecule has 2 aromatic rings. The molecule has 29 heavy (non-hydrogen) atoms. The summed E-state index contributed by atoms with van der Waals surface area (Å²) < 4.78 is 51.5. The molecular weight excluding hydrogens is 423 g/mol. The van der Waals surface area contributed by atoms with Crippen LogP contribution in [-0.4, -0.2) is 52.0 Å². The molecule has 1 aliphatic heterocycles. The van der Waals surface area contributed by atoms with Crippen LogP contribution < -0.4 is 10.1 Å². The van der Waals surface area contributed by atoms with E-state index in [4.69, 9.17) is 21.1 Å². The van der Waals surface area contributed by atoms with Crippen molar-refractivity contribution in [2.75, 3.05) is 38.7 Å². The second-order valence-electron chi connectivity index (χ2n) is 6.41. The monoisotopic (exact) mass is 442 g/mol. The van der Waals surface area contributed by atoms with Gasteiger partial charge in [-0.1, -0.05) is 11.6 Å². The molecule has 1 aliphatic rings. The number of anilines is 1. The Kier molecular flexibility index (Phi) is 6.42. The molecule has 0 radical (unpaired) electrons. The van der Waals surface area contributed by atoms with Gasteiger partial charge in [0, 0.05) is 24.2 Å². The van der Waals surface area contributed by atoms with Crippen LogP contribution in [0.2, 0.25) is 5.02 Å². The van der Waals surface area contributed by atoms with Crippen molar-refractivity contribution < 1.29 is 27.1 Å². The second kappa shape index (κ2) is 8.66. The Balaban J connectivity index is 1.92. The second-order valence-corrected chi connectivity index (χ2v) is 8.76. The lowest BCUT2D eigenvalue weighted by molar-refractivity contribution is 0.0730. The van der Waals surface area contributed by atoms with Crippen LogP contribution in [0.3, 0.4) is 0 Å². The van der Waals surface area contributed by atoms with Crippen LogP contribution in [0.15, 0.2) is 35.2 Å². The first-order chi connectivity index (χ1) is 13.7. The van der Waals surface area contributed by atoms with Crippen LogP contribution in [0.1, 0.15) is 15.9 Å². The summed E-state index contributed by atoms with van der Waals surface area (Å²) in [6, 6.07) is 6.26. The quantitative estimate of drug-likeness (QED) is 0.769. The number of morpholine rings is 1. The minimum absolute atomic E-state index is 0.162. The number of nitrogens with zero attached hydrogens (tertiary/aromatic N) is 1. The minimum atomic E-state index is -3.87.